The Bertz CT molecular complexity index is 303. The summed E-state index contributed by atoms with van der Waals surface area (Å²) in [6.07, 6.45) is 0.535. The number of nitrogens with one attached hydrogen (secondary N) is 1. The van der Waals surface area contributed by atoms with Crippen LogP contribution in [0.1, 0.15) is 6.42 Å². The molecule has 0 saturated heterocycles. The number of rotatable bonds is 3. The summed E-state index contributed by atoms with van der Waals surface area (Å²) in [6, 6.07) is 7.13. The predicted octanol–water partition coefficient (Wildman–Crippen LogP) is 3.10. The summed E-state index contributed by atoms with van der Waals surface area (Å²) in [7, 11) is 0. The Hall–Kier alpha value is -0.290. The molecule has 0 aliphatic rings. The molecule has 0 aliphatic heterocycles. The number of alkyl halides is 1. The SMILES string of the molecule is O=C(CCI)Nc1cccc(Cl)c1. The van der Waals surface area contributed by atoms with Crippen LogP contribution in [0, 0.1) is 0 Å². The molecule has 4 heteroatoms. The topological polar surface area (TPSA) is 29.1 Å². The zero-order valence-corrected chi connectivity index (χ0v) is 9.80. The van der Waals surface area contributed by atoms with Crippen molar-refractivity contribution in [3.63, 3.8) is 0 Å². The van der Waals surface area contributed by atoms with Crippen LogP contribution in [-0.4, -0.2) is 10.3 Å². The summed E-state index contributed by atoms with van der Waals surface area (Å²) in [5.74, 6) is 0.0247. The van der Waals surface area contributed by atoms with Crippen molar-refractivity contribution in [2.75, 3.05) is 9.74 Å². The van der Waals surface area contributed by atoms with Gasteiger partial charge < -0.3 is 5.32 Å². The van der Waals surface area contributed by atoms with Crippen LogP contribution in [0.2, 0.25) is 5.02 Å². The highest BCUT2D eigenvalue weighted by Gasteiger charge is 2.00. The van der Waals surface area contributed by atoms with Gasteiger partial charge in [-0.15, -0.1) is 0 Å². The van der Waals surface area contributed by atoms with Crippen LogP contribution < -0.4 is 5.32 Å². The second-order valence-electron chi connectivity index (χ2n) is 2.50. The Balaban J connectivity index is 2.58. The van der Waals surface area contributed by atoms with Crippen molar-refractivity contribution < 1.29 is 4.79 Å². The first-order valence-corrected chi connectivity index (χ1v) is 5.74. The molecule has 0 fully saturated rings. The van der Waals surface area contributed by atoms with E-state index in [4.69, 9.17) is 11.6 Å². The first kappa shape index (κ1) is 10.8. The van der Waals surface area contributed by atoms with E-state index in [0.29, 0.717) is 11.4 Å². The van der Waals surface area contributed by atoms with Crippen molar-refractivity contribution in [1.29, 1.82) is 0 Å². The summed E-state index contributed by atoms with van der Waals surface area (Å²) in [5, 5.41) is 3.39. The molecule has 0 bridgehead atoms. The van der Waals surface area contributed by atoms with Gasteiger partial charge in [0, 0.05) is 21.6 Å². The maximum atomic E-state index is 11.2. The fourth-order valence-electron chi connectivity index (χ4n) is 0.876. The number of anilines is 1. The first-order chi connectivity index (χ1) is 6.22. The van der Waals surface area contributed by atoms with Crippen molar-refractivity contribution >= 4 is 45.8 Å². The molecule has 0 aliphatic carbocycles. The lowest BCUT2D eigenvalue weighted by molar-refractivity contribution is -0.115. The molecule has 1 amide bonds. The second kappa shape index (κ2) is 5.44. The van der Waals surface area contributed by atoms with Crippen LogP contribution in [0.5, 0.6) is 0 Å². The number of amides is 1. The summed E-state index contributed by atoms with van der Waals surface area (Å²) in [5.41, 5.74) is 0.752. The predicted molar refractivity (Wildman–Crippen MR) is 63.6 cm³/mol. The smallest absolute Gasteiger partial charge is 0.225 e. The Morgan fingerprint density at radius 1 is 1.54 bits per heavy atom. The lowest BCUT2D eigenvalue weighted by Gasteiger charge is -2.03. The lowest BCUT2D eigenvalue weighted by atomic mass is 10.3. The van der Waals surface area contributed by atoms with Crippen LogP contribution in [0.3, 0.4) is 0 Å². The molecule has 0 heterocycles. The van der Waals surface area contributed by atoms with E-state index in [0.717, 1.165) is 10.1 Å². The van der Waals surface area contributed by atoms with Crippen molar-refractivity contribution in [1.82, 2.24) is 0 Å². The zero-order chi connectivity index (χ0) is 9.68. The van der Waals surface area contributed by atoms with E-state index in [1.165, 1.54) is 0 Å². The minimum Gasteiger partial charge on any atom is -0.326 e. The van der Waals surface area contributed by atoms with E-state index in [2.05, 4.69) is 27.9 Å². The molecule has 2 nitrogen and oxygen atoms in total. The molecule has 0 spiro atoms. The van der Waals surface area contributed by atoms with E-state index in [1.54, 1.807) is 12.1 Å². The van der Waals surface area contributed by atoms with Crippen LogP contribution in [0.15, 0.2) is 24.3 Å². The van der Waals surface area contributed by atoms with Gasteiger partial charge in [-0.3, -0.25) is 4.79 Å². The fourth-order valence-corrected chi connectivity index (χ4v) is 1.56. The van der Waals surface area contributed by atoms with Gasteiger partial charge in [0.15, 0.2) is 0 Å². The lowest BCUT2D eigenvalue weighted by Crippen LogP contribution is -2.11. The fraction of sp³-hybridized carbons (Fsp3) is 0.222. The summed E-state index contributed by atoms with van der Waals surface area (Å²) in [6.45, 7) is 0. The molecular formula is C9H9ClINO. The highest BCUT2D eigenvalue weighted by atomic mass is 127. The van der Waals surface area contributed by atoms with E-state index in [-0.39, 0.29) is 5.91 Å². The number of hydrogen-bond acceptors (Lipinski definition) is 1. The number of carbonyl (C=O) groups excluding carboxylic acids is 1. The zero-order valence-electron chi connectivity index (χ0n) is 6.89. The summed E-state index contributed by atoms with van der Waals surface area (Å²) in [4.78, 5) is 11.2. The van der Waals surface area contributed by atoms with E-state index >= 15 is 0 Å². The summed E-state index contributed by atoms with van der Waals surface area (Å²) < 4.78 is 0.824. The van der Waals surface area contributed by atoms with Crippen molar-refractivity contribution in [2.45, 2.75) is 6.42 Å². The molecule has 0 atom stereocenters. The highest BCUT2D eigenvalue weighted by molar-refractivity contribution is 14.1. The Morgan fingerprint density at radius 3 is 2.92 bits per heavy atom. The molecular weight excluding hydrogens is 300 g/mol. The molecule has 0 radical (unpaired) electrons. The van der Waals surface area contributed by atoms with E-state index < -0.39 is 0 Å². The molecule has 1 aromatic carbocycles. The molecule has 1 N–H and O–H groups in total. The number of halogens is 2. The first-order valence-electron chi connectivity index (χ1n) is 3.84. The van der Waals surface area contributed by atoms with Crippen LogP contribution in [0.25, 0.3) is 0 Å². The van der Waals surface area contributed by atoms with Gasteiger partial charge in [-0.05, 0) is 18.2 Å². The Morgan fingerprint density at radius 2 is 2.31 bits per heavy atom. The molecule has 1 rings (SSSR count). The molecule has 0 aromatic heterocycles. The Labute approximate surface area is 95.8 Å². The average molecular weight is 310 g/mol. The Kier molecular flexibility index (Phi) is 4.52. The van der Waals surface area contributed by atoms with Gasteiger partial charge in [0.25, 0.3) is 0 Å². The maximum Gasteiger partial charge on any atom is 0.225 e. The summed E-state index contributed by atoms with van der Waals surface area (Å²) >= 11 is 7.92. The maximum absolute atomic E-state index is 11.2. The van der Waals surface area contributed by atoms with Gasteiger partial charge in [0.2, 0.25) is 5.91 Å². The monoisotopic (exact) mass is 309 g/mol. The van der Waals surface area contributed by atoms with Gasteiger partial charge in [-0.2, -0.15) is 0 Å². The molecule has 1 aromatic rings. The molecule has 0 saturated carbocycles. The number of hydrogen-bond donors (Lipinski definition) is 1. The third-order valence-electron chi connectivity index (χ3n) is 1.43. The second-order valence-corrected chi connectivity index (χ2v) is 4.01. The van der Waals surface area contributed by atoms with Gasteiger partial charge in [-0.1, -0.05) is 40.3 Å². The quantitative estimate of drug-likeness (QED) is 0.674. The minimum atomic E-state index is 0.0247. The normalized spacial score (nSPS) is 9.69. The van der Waals surface area contributed by atoms with Gasteiger partial charge in [0.1, 0.15) is 0 Å². The number of benzene rings is 1. The van der Waals surface area contributed by atoms with Gasteiger partial charge in [0.05, 0.1) is 0 Å². The highest BCUT2D eigenvalue weighted by Crippen LogP contribution is 2.14. The molecule has 0 unspecified atom stereocenters. The number of carbonyl (C=O) groups is 1. The van der Waals surface area contributed by atoms with Crippen LogP contribution in [0.4, 0.5) is 5.69 Å². The third kappa shape index (κ3) is 3.95. The standard InChI is InChI=1S/C9H9ClINO/c10-7-2-1-3-8(6-7)12-9(13)4-5-11/h1-3,6H,4-5H2,(H,12,13). The molecule has 70 valence electrons. The van der Waals surface area contributed by atoms with Crippen LogP contribution >= 0.6 is 34.2 Å². The van der Waals surface area contributed by atoms with Crippen molar-refractivity contribution in [3.05, 3.63) is 29.3 Å². The third-order valence-corrected chi connectivity index (χ3v) is 2.20. The van der Waals surface area contributed by atoms with E-state index in [9.17, 15) is 4.79 Å². The van der Waals surface area contributed by atoms with Gasteiger partial charge in [-0.25, -0.2) is 0 Å². The largest absolute Gasteiger partial charge is 0.326 e. The van der Waals surface area contributed by atoms with Gasteiger partial charge >= 0.3 is 0 Å². The van der Waals surface area contributed by atoms with Crippen LogP contribution in [-0.2, 0) is 4.79 Å². The van der Waals surface area contributed by atoms with Crippen molar-refractivity contribution in [2.24, 2.45) is 0 Å². The van der Waals surface area contributed by atoms with Crippen molar-refractivity contribution in [3.8, 4) is 0 Å². The minimum absolute atomic E-state index is 0.0247. The van der Waals surface area contributed by atoms with E-state index in [1.807, 2.05) is 12.1 Å². The molecule has 13 heavy (non-hydrogen) atoms. The average Bonchev–Trinajstić information content (AvgIpc) is 2.04.